The fourth-order valence-electron chi connectivity index (χ4n) is 0.999. The van der Waals surface area contributed by atoms with Gasteiger partial charge in [0.2, 0.25) is 0 Å². The first-order chi connectivity index (χ1) is 7.09. The number of hydrogen-bond donors (Lipinski definition) is 1. The van der Waals surface area contributed by atoms with E-state index in [4.69, 9.17) is 0 Å². The van der Waals surface area contributed by atoms with Crippen LogP contribution in [0.3, 0.4) is 0 Å². The van der Waals surface area contributed by atoms with E-state index in [0.717, 1.165) is 11.8 Å². The fourth-order valence-corrected chi connectivity index (χ4v) is 1.43. The van der Waals surface area contributed by atoms with Crippen molar-refractivity contribution in [2.75, 3.05) is 5.75 Å². The van der Waals surface area contributed by atoms with Gasteiger partial charge in [-0.05, 0) is 18.2 Å². The average Bonchev–Trinajstić information content (AvgIpc) is 2.17. The molecule has 0 radical (unpaired) electrons. The van der Waals surface area contributed by atoms with Crippen LogP contribution >= 0.6 is 11.8 Å². The van der Waals surface area contributed by atoms with Gasteiger partial charge in [0.15, 0.2) is 5.12 Å². The smallest absolute Gasteiger partial charge is 0.186 e. The zero-order valence-electron chi connectivity index (χ0n) is 8.24. The number of carbonyl (C=O) groups is 1. The number of halogens is 1. The number of benzene rings is 1. The van der Waals surface area contributed by atoms with Crippen molar-refractivity contribution in [2.24, 2.45) is 0 Å². The van der Waals surface area contributed by atoms with Crippen molar-refractivity contribution >= 4 is 23.0 Å². The third-order valence-corrected chi connectivity index (χ3v) is 2.44. The highest BCUT2D eigenvalue weighted by atomic mass is 32.2. The van der Waals surface area contributed by atoms with Crippen molar-refractivity contribution in [1.82, 2.24) is 0 Å². The summed E-state index contributed by atoms with van der Waals surface area (Å²) >= 11 is 1.16. The van der Waals surface area contributed by atoms with Gasteiger partial charge in [-0.15, -0.1) is 0 Å². The third kappa shape index (κ3) is 4.16. The Bertz CT molecular complexity index is 388. The molecule has 1 N–H and O–H groups in total. The molecule has 0 saturated carbocycles. The molecule has 0 spiro atoms. The maximum absolute atomic E-state index is 12.8. The molecule has 4 heteroatoms. The molecule has 0 fully saturated rings. The number of carbonyl (C=O) groups excluding carboxylic acids is 1. The Hall–Kier alpha value is -1.29. The molecule has 0 amide bonds. The van der Waals surface area contributed by atoms with Crippen LogP contribution in [-0.4, -0.2) is 16.0 Å². The molecule has 0 aromatic heterocycles. The van der Waals surface area contributed by atoms with Gasteiger partial charge in [-0.25, -0.2) is 4.39 Å². The molecule has 1 aromatic rings. The predicted octanol–water partition coefficient (Wildman–Crippen LogP) is 2.82. The van der Waals surface area contributed by atoms with Crippen LogP contribution in [0.4, 0.5) is 4.39 Å². The highest BCUT2D eigenvalue weighted by Gasteiger charge is 1.98. The van der Waals surface area contributed by atoms with Crippen molar-refractivity contribution in [2.45, 2.75) is 6.92 Å². The zero-order valence-corrected chi connectivity index (χ0v) is 9.05. The lowest BCUT2D eigenvalue weighted by molar-refractivity contribution is -0.109. The van der Waals surface area contributed by atoms with Crippen LogP contribution < -0.4 is 0 Å². The van der Waals surface area contributed by atoms with Crippen molar-refractivity contribution in [1.29, 1.82) is 0 Å². The Morgan fingerprint density at radius 3 is 3.00 bits per heavy atom. The third-order valence-electron chi connectivity index (χ3n) is 1.67. The van der Waals surface area contributed by atoms with Crippen molar-refractivity contribution < 1.29 is 14.3 Å². The summed E-state index contributed by atoms with van der Waals surface area (Å²) in [6, 6.07) is 3.73. The molecule has 80 valence electrons. The molecule has 0 unspecified atom stereocenters. The second kappa shape index (κ2) is 5.56. The normalized spacial score (nSPS) is 10.8. The van der Waals surface area contributed by atoms with E-state index in [2.05, 4.69) is 0 Å². The van der Waals surface area contributed by atoms with Gasteiger partial charge in [-0.2, -0.15) is 0 Å². The molecule has 0 aliphatic heterocycles. The van der Waals surface area contributed by atoms with E-state index in [1.165, 1.54) is 25.1 Å². The highest BCUT2D eigenvalue weighted by Crippen LogP contribution is 2.19. The van der Waals surface area contributed by atoms with Crippen LogP contribution in [0, 0.1) is 5.82 Å². The van der Waals surface area contributed by atoms with E-state index in [1.807, 2.05) is 0 Å². The van der Waals surface area contributed by atoms with E-state index in [1.54, 1.807) is 12.2 Å². The SMILES string of the molecule is CC(=O)SCC=Cc1cc(F)ccc1O. The molecule has 2 nitrogen and oxygen atoms in total. The fraction of sp³-hybridized carbons (Fsp3) is 0.182. The minimum absolute atomic E-state index is 0.0282. The van der Waals surface area contributed by atoms with Crippen LogP contribution in [0.1, 0.15) is 12.5 Å². The molecular weight excluding hydrogens is 215 g/mol. The van der Waals surface area contributed by atoms with Crippen molar-refractivity contribution in [3.63, 3.8) is 0 Å². The highest BCUT2D eigenvalue weighted by molar-refractivity contribution is 8.13. The number of rotatable bonds is 3. The molecule has 0 saturated heterocycles. The number of thioether (sulfide) groups is 1. The molecule has 1 rings (SSSR count). The van der Waals surface area contributed by atoms with E-state index in [0.29, 0.717) is 11.3 Å². The maximum atomic E-state index is 12.8. The van der Waals surface area contributed by atoms with Crippen LogP contribution in [0.15, 0.2) is 24.3 Å². The summed E-state index contributed by atoms with van der Waals surface area (Å²) < 4.78 is 12.8. The van der Waals surface area contributed by atoms with Crippen molar-refractivity contribution in [3.8, 4) is 5.75 Å². The standard InChI is InChI=1S/C11H11FO2S/c1-8(13)15-6-2-3-9-7-10(12)4-5-11(9)14/h2-5,7,14H,6H2,1H3. The first-order valence-electron chi connectivity index (χ1n) is 4.38. The van der Waals surface area contributed by atoms with Gasteiger partial charge in [0.05, 0.1) is 0 Å². The molecule has 0 aliphatic carbocycles. The number of hydrogen-bond acceptors (Lipinski definition) is 3. The van der Waals surface area contributed by atoms with Gasteiger partial charge < -0.3 is 5.11 Å². The second-order valence-electron chi connectivity index (χ2n) is 2.91. The van der Waals surface area contributed by atoms with Gasteiger partial charge >= 0.3 is 0 Å². The maximum Gasteiger partial charge on any atom is 0.186 e. The lowest BCUT2D eigenvalue weighted by Gasteiger charge is -1.98. The topological polar surface area (TPSA) is 37.3 Å². The Labute approximate surface area is 91.8 Å². The molecule has 1 aromatic carbocycles. The summed E-state index contributed by atoms with van der Waals surface area (Å²) in [6.45, 7) is 1.48. The van der Waals surface area contributed by atoms with Crippen LogP contribution in [0.2, 0.25) is 0 Å². The summed E-state index contributed by atoms with van der Waals surface area (Å²) in [4.78, 5) is 10.6. The van der Waals surface area contributed by atoms with Gasteiger partial charge in [-0.3, -0.25) is 4.79 Å². The summed E-state index contributed by atoms with van der Waals surface area (Å²) in [5, 5.41) is 9.38. The van der Waals surface area contributed by atoms with E-state index in [-0.39, 0.29) is 10.9 Å². The minimum atomic E-state index is -0.397. The van der Waals surface area contributed by atoms with Gasteiger partial charge in [-0.1, -0.05) is 23.9 Å². The van der Waals surface area contributed by atoms with Gasteiger partial charge in [0.25, 0.3) is 0 Å². The second-order valence-corrected chi connectivity index (χ2v) is 4.11. The van der Waals surface area contributed by atoms with E-state index in [9.17, 15) is 14.3 Å². The number of phenols is 1. The van der Waals surface area contributed by atoms with Crippen molar-refractivity contribution in [3.05, 3.63) is 35.7 Å². The molecule has 0 atom stereocenters. The summed E-state index contributed by atoms with van der Waals surface area (Å²) in [5.74, 6) is 0.151. The monoisotopic (exact) mass is 226 g/mol. The molecular formula is C11H11FO2S. The number of phenolic OH excluding ortho intramolecular Hbond substituents is 1. The molecule has 0 bridgehead atoms. The first kappa shape index (κ1) is 11.8. The first-order valence-corrected chi connectivity index (χ1v) is 5.36. The molecule has 0 heterocycles. The Morgan fingerprint density at radius 2 is 2.33 bits per heavy atom. The minimum Gasteiger partial charge on any atom is -0.507 e. The van der Waals surface area contributed by atoms with Crippen LogP contribution in [-0.2, 0) is 4.79 Å². The quantitative estimate of drug-likeness (QED) is 0.861. The predicted molar refractivity (Wildman–Crippen MR) is 60.2 cm³/mol. The summed E-state index contributed by atoms with van der Waals surface area (Å²) in [5.41, 5.74) is 0.416. The summed E-state index contributed by atoms with van der Waals surface area (Å²) in [7, 11) is 0. The number of aromatic hydroxyl groups is 1. The Morgan fingerprint density at radius 1 is 1.60 bits per heavy atom. The van der Waals surface area contributed by atoms with E-state index < -0.39 is 5.82 Å². The largest absolute Gasteiger partial charge is 0.507 e. The lowest BCUT2D eigenvalue weighted by Crippen LogP contribution is -1.82. The van der Waals surface area contributed by atoms with Crippen LogP contribution in [0.25, 0.3) is 6.08 Å². The Kier molecular flexibility index (Phi) is 4.37. The van der Waals surface area contributed by atoms with Gasteiger partial charge in [0.1, 0.15) is 11.6 Å². The zero-order chi connectivity index (χ0) is 11.3. The summed E-state index contributed by atoms with van der Waals surface area (Å²) in [6.07, 6.45) is 3.30. The average molecular weight is 226 g/mol. The van der Waals surface area contributed by atoms with Gasteiger partial charge in [0, 0.05) is 18.2 Å². The van der Waals surface area contributed by atoms with E-state index >= 15 is 0 Å². The molecule has 0 aliphatic rings. The van der Waals surface area contributed by atoms with Crippen LogP contribution in [0.5, 0.6) is 5.75 Å². The Balaban J connectivity index is 2.63. The lowest BCUT2D eigenvalue weighted by atomic mass is 10.2. The molecule has 15 heavy (non-hydrogen) atoms.